The number of carbonyl (C=O) groups excluding carboxylic acids is 1. The first-order chi connectivity index (χ1) is 13.6. The van der Waals surface area contributed by atoms with Gasteiger partial charge in [-0.2, -0.15) is 0 Å². The van der Waals surface area contributed by atoms with Crippen molar-refractivity contribution in [1.29, 1.82) is 0 Å². The van der Waals surface area contributed by atoms with E-state index in [4.69, 9.17) is 4.74 Å². The average Bonchev–Trinajstić information content (AvgIpc) is 3.34. The Morgan fingerprint density at radius 3 is 2.79 bits per heavy atom. The molecule has 2 aromatic rings. The van der Waals surface area contributed by atoms with E-state index in [0.29, 0.717) is 23.2 Å². The minimum Gasteiger partial charge on any atom is -0.487 e. The Hall–Kier alpha value is -2.06. The molecule has 28 heavy (non-hydrogen) atoms. The van der Waals surface area contributed by atoms with Crippen molar-refractivity contribution in [3.63, 3.8) is 0 Å². The lowest BCUT2D eigenvalue weighted by atomic mass is 10.1. The lowest BCUT2D eigenvalue weighted by Gasteiger charge is -2.35. The molecule has 0 unspecified atom stereocenters. The van der Waals surface area contributed by atoms with Crippen LogP contribution in [0.3, 0.4) is 0 Å². The first-order valence-corrected chi connectivity index (χ1v) is 11.2. The van der Waals surface area contributed by atoms with Crippen LogP contribution in [0.15, 0.2) is 34.6 Å². The minimum absolute atomic E-state index is 0.0592. The number of amides is 1. The second-order valence-electron chi connectivity index (χ2n) is 7.01. The smallest absolute Gasteiger partial charge is 0.254 e. The molecule has 3 heterocycles. The van der Waals surface area contributed by atoms with E-state index in [0.717, 1.165) is 48.6 Å². The SMILES string of the molecule is Cc1nc(COc2cccc(C(=O)N3CCN(C4=NC[C@H](C)S4)CC3)c2)cs1. The van der Waals surface area contributed by atoms with Crippen molar-refractivity contribution in [3.05, 3.63) is 45.9 Å². The standard InChI is InChI=1S/C20H24N4O2S2/c1-14-11-21-20(28-14)24-8-6-23(7-9-24)19(25)16-4-3-5-18(10-16)26-12-17-13-27-15(2)22-17/h3-5,10,13-14H,6-9,11-12H2,1-2H3/t14-/m0/s1. The summed E-state index contributed by atoms with van der Waals surface area (Å²) in [7, 11) is 0. The summed E-state index contributed by atoms with van der Waals surface area (Å²) in [5.41, 5.74) is 1.58. The molecule has 0 aliphatic carbocycles. The largest absolute Gasteiger partial charge is 0.487 e. The zero-order chi connectivity index (χ0) is 19.5. The van der Waals surface area contributed by atoms with Gasteiger partial charge in [-0.15, -0.1) is 11.3 Å². The van der Waals surface area contributed by atoms with Crippen LogP contribution in [-0.2, 0) is 6.61 Å². The fraction of sp³-hybridized carbons (Fsp3) is 0.450. The number of piperazine rings is 1. The summed E-state index contributed by atoms with van der Waals surface area (Å²) in [6.45, 7) is 8.60. The average molecular weight is 417 g/mol. The number of nitrogens with zero attached hydrogens (tertiary/aromatic N) is 4. The Labute approximate surface area is 173 Å². The van der Waals surface area contributed by atoms with Gasteiger partial charge in [0.2, 0.25) is 0 Å². The third kappa shape index (κ3) is 4.50. The van der Waals surface area contributed by atoms with Gasteiger partial charge in [-0.1, -0.05) is 24.8 Å². The molecule has 8 heteroatoms. The minimum atomic E-state index is 0.0592. The number of benzene rings is 1. The third-order valence-corrected chi connectivity index (χ3v) is 6.73. The molecule has 1 aromatic carbocycles. The molecule has 6 nitrogen and oxygen atoms in total. The quantitative estimate of drug-likeness (QED) is 0.766. The van der Waals surface area contributed by atoms with E-state index >= 15 is 0 Å². The van der Waals surface area contributed by atoms with Gasteiger partial charge in [0.15, 0.2) is 5.17 Å². The van der Waals surface area contributed by atoms with Crippen molar-refractivity contribution in [2.75, 3.05) is 32.7 Å². The molecule has 0 radical (unpaired) electrons. The van der Waals surface area contributed by atoms with E-state index in [1.54, 1.807) is 11.3 Å². The van der Waals surface area contributed by atoms with Crippen LogP contribution in [0.4, 0.5) is 0 Å². The van der Waals surface area contributed by atoms with Crippen LogP contribution in [0.5, 0.6) is 5.75 Å². The first kappa shape index (κ1) is 19.3. The molecule has 1 fully saturated rings. The van der Waals surface area contributed by atoms with Crippen LogP contribution in [0, 0.1) is 6.92 Å². The highest BCUT2D eigenvalue weighted by Crippen LogP contribution is 2.24. The van der Waals surface area contributed by atoms with Gasteiger partial charge >= 0.3 is 0 Å². The molecule has 0 spiro atoms. The van der Waals surface area contributed by atoms with E-state index in [9.17, 15) is 4.79 Å². The summed E-state index contributed by atoms with van der Waals surface area (Å²) in [5, 5.41) is 4.72. The lowest BCUT2D eigenvalue weighted by Crippen LogP contribution is -2.49. The topological polar surface area (TPSA) is 58.0 Å². The van der Waals surface area contributed by atoms with Crippen LogP contribution < -0.4 is 4.74 Å². The molecule has 1 amide bonds. The summed E-state index contributed by atoms with van der Waals surface area (Å²) in [5.74, 6) is 0.754. The Morgan fingerprint density at radius 2 is 2.11 bits per heavy atom. The van der Waals surface area contributed by atoms with Crippen LogP contribution in [0.1, 0.15) is 28.0 Å². The maximum Gasteiger partial charge on any atom is 0.254 e. The van der Waals surface area contributed by atoms with E-state index in [1.165, 1.54) is 0 Å². The zero-order valence-electron chi connectivity index (χ0n) is 16.1. The zero-order valence-corrected chi connectivity index (χ0v) is 17.8. The number of rotatable bonds is 4. The normalized spacial score (nSPS) is 19.6. The highest BCUT2D eigenvalue weighted by Gasteiger charge is 2.27. The maximum absolute atomic E-state index is 12.9. The Kier molecular flexibility index (Phi) is 5.87. The van der Waals surface area contributed by atoms with Gasteiger partial charge in [0, 0.05) is 42.4 Å². The van der Waals surface area contributed by atoms with E-state index in [1.807, 2.05) is 53.2 Å². The third-order valence-electron chi connectivity index (χ3n) is 4.76. The van der Waals surface area contributed by atoms with Gasteiger partial charge in [-0.05, 0) is 25.1 Å². The predicted octanol–water partition coefficient (Wildman–Crippen LogP) is 3.28. The lowest BCUT2D eigenvalue weighted by molar-refractivity contribution is 0.0693. The number of thiazole rings is 1. The molecule has 148 valence electrons. The number of aryl methyl sites for hydroxylation is 1. The molecular weight excluding hydrogens is 392 g/mol. The fourth-order valence-corrected chi connectivity index (χ4v) is 4.86. The highest BCUT2D eigenvalue weighted by atomic mass is 32.2. The summed E-state index contributed by atoms with van der Waals surface area (Å²) >= 11 is 3.45. The van der Waals surface area contributed by atoms with Crippen LogP contribution in [-0.4, -0.2) is 63.8 Å². The molecule has 0 bridgehead atoms. The second-order valence-corrected chi connectivity index (χ2v) is 9.47. The number of aromatic nitrogens is 1. The van der Waals surface area contributed by atoms with Crippen molar-refractivity contribution in [3.8, 4) is 5.75 Å². The van der Waals surface area contributed by atoms with Crippen LogP contribution >= 0.6 is 23.1 Å². The maximum atomic E-state index is 12.9. The highest BCUT2D eigenvalue weighted by molar-refractivity contribution is 8.14. The van der Waals surface area contributed by atoms with Gasteiger partial charge in [0.05, 0.1) is 17.2 Å². The number of hydrogen-bond donors (Lipinski definition) is 0. The Balaban J connectivity index is 1.33. The summed E-state index contributed by atoms with van der Waals surface area (Å²) in [6.07, 6.45) is 0. The molecule has 2 aliphatic heterocycles. The van der Waals surface area contributed by atoms with E-state index in [2.05, 4.69) is 21.8 Å². The van der Waals surface area contributed by atoms with E-state index in [-0.39, 0.29) is 5.91 Å². The van der Waals surface area contributed by atoms with Gasteiger partial charge in [-0.25, -0.2) is 4.98 Å². The second kappa shape index (κ2) is 8.53. The van der Waals surface area contributed by atoms with Gasteiger partial charge in [0.1, 0.15) is 12.4 Å². The summed E-state index contributed by atoms with van der Waals surface area (Å²) in [4.78, 5) is 26.1. The van der Waals surface area contributed by atoms with Gasteiger partial charge < -0.3 is 14.5 Å². The van der Waals surface area contributed by atoms with Crippen molar-refractivity contribution in [2.24, 2.45) is 4.99 Å². The first-order valence-electron chi connectivity index (χ1n) is 9.47. The van der Waals surface area contributed by atoms with Crippen molar-refractivity contribution in [1.82, 2.24) is 14.8 Å². The monoisotopic (exact) mass is 416 g/mol. The molecule has 4 rings (SSSR count). The predicted molar refractivity (Wildman–Crippen MR) is 114 cm³/mol. The number of thioether (sulfide) groups is 1. The Morgan fingerprint density at radius 1 is 1.29 bits per heavy atom. The summed E-state index contributed by atoms with van der Waals surface area (Å²) in [6, 6.07) is 7.43. The number of hydrogen-bond acceptors (Lipinski definition) is 7. The van der Waals surface area contributed by atoms with Gasteiger partial charge in [0.25, 0.3) is 5.91 Å². The number of amidine groups is 1. The van der Waals surface area contributed by atoms with Crippen LogP contribution in [0.25, 0.3) is 0 Å². The number of carbonyl (C=O) groups is 1. The molecule has 2 aliphatic rings. The molecule has 1 saturated heterocycles. The van der Waals surface area contributed by atoms with Crippen LogP contribution in [0.2, 0.25) is 0 Å². The van der Waals surface area contributed by atoms with E-state index < -0.39 is 0 Å². The molecule has 1 atom stereocenters. The molecule has 1 aromatic heterocycles. The fourth-order valence-electron chi connectivity index (χ4n) is 3.27. The molecule has 0 saturated carbocycles. The molecule has 0 N–H and O–H groups in total. The molecular formula is C20H24N4O2S2. The van der Waals surface area contributed by atoms with Crippen molar-refractivity contribution >= 4 is 34.2 Å². The number of ether oxygens (including phenoxy) is 1. The Bertz CT molecular complexity index is 875. The number of aliphatic imine (C=N–C) groups is 1. The van der Waals surface area contributed by atoms with Crippen molar-refractivity contribution < 1.29 is 9.53 Å². The summed E-state index contributed by atoms with van der Waals surface area (Å²) < 4.78 is 5.82. The van der Waals surface area contributed by atoms with Crippen molar-refractivity contribution in [2.45, 2.75) is 25.7 Å². The van der Waals surface area contributed by atoms with Gasteiger partial charge in [-0.3, -0.25) is 9.79 Å².